The highest BCUT2D eigenvalue weighted by atomic mass is 32.2. The number of amides is 3. The first kappa shape index (κ1) is 36.0. The van der Waals surface area contributed by atoms with Crippen LogP contribution in [0.5, 0.6) is 0 Å². The van der Waals surface area contributed by atoms with Gasteiger partial charge in [-0.3, -0.25) is 19.3 Å². The minimum Gasteiger partial charge on any atom is -0.457 e. The van der Waals surface area contributed by atoms with Crippen molar-refractivity contribution in [2.75, 3.05) is 11.1 Å². The Balaban J connectivity index is 1.36. The van der Waals surface area contributed by atoms with Crippen LogP contribution < -0.4 is 10.6 Å². The van der Waals surface area contributed by atoms with Crippen molar-refractivity contribution in [3.8, 4) is 0 Å². The van der Waals surface area contributed by atoms with E-state index >= 15 is 0 Å². The molecule has 2 unspecified atom stereocenters. The fourth-order valence-electron chi connectivity index (χ4n) is 5.01. The average Bonchev–Trinajstić information content (AvgIpc) is 3.56. The number of esters is 2. The van der Waals surface area contributed by atoms with Crippen LogP contribution in [0.3, 0.4) is 0 Å². The van der Waals surface area contributed by atoms with Gasteiger partial charge in [0.15, 0.2) is 16.9 Å². The van der Waals surface area contributed by atoms with Gasteiger partial charge in [0.05, 0.1) is 0 Å². The van der Waals surface area contributed by atoms with Crippen molar-refractivity contribution in [2.24, 2.45) is 5.16 Å². The number of hydrogen-bond donors (Lipinski definition) is 2. The predicted octanol–water partition coefficient (Wildman–Crippen LogP) is 4.34. The summed E-state index contributed by atoms with van der Waals surface area (Å²) >= 11 is 2.36. The maximum atomic E-state index is 13.9. The molecular formula is C35H35N5O8S2. The minimum atomic E-state index is -1.19. The Bertz CT molecular complexity index is 1800. The Labute approximate surface area is 296 Å². The minimum absolute atomic E-state index is 0.0270. The summed E-state index contributed by atoms with van der Waals surface area (Å²) in [6.45, 7) is 10.3. The molecule has 2 aromatic carbocycles. The highest BCUT2D eigenvalue weighted by Gasteiger charge is 2.54. The van der Waals surface area contributed by atoms with Gasteiger partial charge in [-0.25, -0.2) is 14.6 Å². The Morgan fingerprint density at radius 1 is 1.08 bits per heavy atom. The monoisotopic (exact) mass is 717 g/mol. The van der Waals surface area contributed by atoms with E-state index in [-0.39, 0.29) is 22.2 Å². The summed E-state index contributed by atoms with van der Waals surface area (Å²) in [6, 6.07) is 17.5. The number of aromatic nitrogens is 1. The fourth-order valence-corrected chi connectivity index (χ4v) is 7.00. The molecule has 260 valence electrons. The van der Waals surface area contributed by atoms with Crippen molar-refractivity contribution in [3.63, 3.8) is 0 Å². The number of carbonyl (C=O) groups is 5. The van der Waals surface area contributed by atoms with Gasteiger partial charge in [-0.05, 0) is 44.4 Å². The maximum Gasteiger partial charge on any atom is 0.356 e. The first-order valence-electron chi connectivity index (χ1n) is 15.5. The number of β-lactam (4-membered cyclic amide) rings is 1. The third-order valence-electron chi connectivity index (χ3n) is 7.34. The highest BCUT2D eigenvalue weighted by Crippen LogP contribution is 2.42. The lowest BCUT2D eigenvalue weighted by atomic mass is 10.0. The van der Waals surface area contributed by atoms with Crippen molar-refractivity contribution in [1.29, 1.82) is 0 Å². The second-order valence-corrected chi connectivity index (χ2v) is 14.0. The highest BCUT2D eigenvalue weighted by molar-refractivity contribution is 8.00. The number of thiazole rings is 1. The van der Waals surface area contributed by atoms with Crippen LogP contribution in [0.15, 0.2) is 95.1 Å². The normalized spacial score (nSPS) is 18.0. The molecule has 15 heteroatoms. The van der Waals surface area contributed by atoms with E-state index in [9.17, 15) is 24.0 Å². The number of anilines is 1. The van der Waals surface area contributed by atoms with Gasteiger partial charge in [-0.1, -0.05) is 78.5 Å². The topological polar surface area (TPSA) is 166 Å². The number of carbonyl (C=O) groups excluding carboxylic acids is 5. The molecular weight excluding hydrogens is 683 g/mol. The van der Waals surface area contributed by atoms with Crippen LogP contribution in [0.1, 0.15) is 50.6 Å². The maximum absolute atomic E-state index is 13.9. The van der Waals surface area contributed by atoms with Gasteiger partial charge in [0, 0.05) is 11.1 Å². The van der Waals surface area contributed by atoms with Crippen molar-refractivity contribution < 1.29 is 38.3 Å². The van der Waals surface area contributed by atoms with Crippen LogP contribution in [-0.4, -0.2) is 74.6 Å². The second kappa shape index (κ2) is 15.5. The van der Waals surface area contributed by atoms with E-state index in [4.69, 9.17) is 14.3 Å². The first-order valence-corrected chi connectivity index (χ1v) is 17.4. The largest absolute Gasteiger partial charge is 0.457 e. The van der Waals surface area contributed by atoms with Crippen LogP contribution in [-0.2, 0) is 38.3 Å². The number of hydrogen-bond acceptors (Lipinski definition) is 12. The summed E-state index contributed by atoms with van der Waals surface area (Å²) < 4.78 is 11.4. The number of nitrogens with one attached hydrogen (secondary N) is 2. The lowest BCUT2D eigenvalue weighted by molar-refractivity contribution is -0.167. The molecule has 3 aromatic rings. The summed E-state index contributed by atoms with van der Waals surface area (Å²) in [5.74, 6) is -2.50. The number of allylic oxidation sites excluding steroid dienone is 1. The molecule has 2 aliphatic heterocycles. The molecule has 0 saturated carbocycles. The van der Waals surface area contributed by atoms with Crippen LogP contribution >= 0.6 is 23.1 Å². The van der Waals surface area contributed by atoms with E-state index in [0.717, 1.165) is 22.5 Å². The third-order valence-corrected chi connectivity index (χ3v) is 9.41. The molecule has 3 atom stereocenters. The lowest BCUT2D eigenvalue weighted by Crippen LogP contribution is -2.71. The molecule has 3 heterocycles. The SMILES string of the molecule is C=CC1=C(C(=O)OC(c2ccccc2)c2ccccc2)N2C(=O)C(NC(=O)C(=NOC(C)C(=O)OC(C)(C)C)c3csc(NC=O)n3)[C@@H]2SC1. The van der Waals surface area contributed by atoms with E-state index in [1.165, 1.54) is 35.0 Å². The van der Waals surface area contributed by atoms with Crippen LogP contribution in [0.4, 0.5) is 5.13 Å². The van der Waals surface area contributed by atoms with E-state index in [2.05, 4.69) is 27.4 Å². The molecule has 50 heavy (non-hydrogen) atoms. The van der Waals surface area contributed by atoms with Gasteiger partial charge >= 0.3 is 11.9 Å². The van der Waals surface area contributed by atoms with E-state index in [1.54, 1.807) is 20.8 Å². The van der Waals surface area contributed by atoms with Crippen molar-refractivity contribution in [2.45, 2.75) is 56.9 Å². The zero-order valence-electron chi connectivity index (χ0n) is 27.7. The van der Waals surface area contributed by atoms with Gasteiger partial charge in [0.1, 0.15) is 28.4 Å². The summed E-state index contributed by atoms with van der Waals surface area (Å²) in [5, 5.41) is 9.98. The molecule has 2 N–H and O–H groups in total. The van der Waals surface area contributed by atoms with Crippen LogP contribution in [0.2, 0.25) is 0 Å². The van der Waals surface area contributed by atoms with E-state index in [0.29, 0.717) is 17.7 Å². The quantitative estimate of drug-likeness (QED) is 0.0855. The molecule has 0 aliphatic carbocycles. The number of rotatable bonds is 13. The molecule has 2 aliphatic rings. The number of benzene rings is 2. The fraction of sp³-hybridized carbons (Fsp3) is 0.286. The van der Waals surface area contributed by atoms with Gasteiger partial charge in [0.25, 0.3) is 11.8 Å². The van der Waals surface area contributed by atoms with Crippen molar-refractivity contribution in [1.82, 2.24) is 15.2 Å². The van der Waals surface area contributed by atoms with Gasteiger partial charge in [0.2, 0.25) is 12.5 Å². The first-order chi connectivity index (χ1) is 23.9. The molecule has 3 amide bonds. The summed E-state index contributed by atoms with van der Waals surface area (Å²) in [7, 11) is 0. The van der Waals surface area contributed by atoms with Gasteiger partial charge in [-0.2, -0.15) is 0 Å². The number of oxime groups is 1. The molecule has 13 nitrogen and oxygen atoms in total. The molecule has 0 bridgehead atoms. The zero-order chi connectivity index (χ0) is 36.0. The second-order valence-electron chi connectivity index (χ2n) is 12.1. The molecule has 0 spiro atoms. The Hall–Kier alpha value is -5.28. The summed E-state index contributed by atoms with van der Waals surface area (Å²) in [6.07, 6.45) is 0.00423. The van der Waals surface area contributed by atoms with Gasteiger partial charge < -0.3 is 24.9 Å². The zero-order valence-corrected chi connectivity index (χ0v) is 29.3. The average molecular weight is 718 g/mol. The molecule has 0 radical (unpaired) electrons. The number of thioether (sulfide) groups is 1. The smallest absolute Gasteiger partial charge is 0.356 e. The van der Waals surface area contributed by atoms with E-state index < -0.39 is 53.0 Å². The van der Waals surface area contributed by atoms with Gasteiger partial charge in [-0.15, -0.1) is 23.1 Å². The van der Waals surface area contributed by atoms with Crippen LogP contribution in [0, 0.1) is 0 Å². The van der Waals surface area contributed by atoms with Crippen molar-refractivity contribution >= 4 is 64.1 Å². The number of fused-ring (bicyclic) bond motifs is 1. The van der Waals surface area contributed by atoms with Crippen molar-refractivity contribution in [3.05, 3.63) is 107 Å². The third kappa shape index (κ3) is 8.12. The Kier molecular flexibility index (Phi) is 11.2. The standard InChI is InChI=1S/C35H35N5O8S2/c1-6-21-17-49-31-26(30(43)40(31)27(21)33(45)46-28(22-13-9-7-10-14-22)23-15-11-8-12-16-23)38-29(42)25(24-18-50-34(37-24)36-19-41)39-48-20(2)32(44)47-35(3,4)5/h6-16,18-20,26,28,31H,1,17H2,2-5H3,(H,38,42)(H,36,37,41)/t20?,26?,31-/m0/s1. The predicted molar refractivity (Wildman–Crippen MR) is 188 cm³/mol. The molecule has 1 fully saturated rings. The Morgan fingerprint density at radius 3 is 2.30 bits per heavy atom. The van der Waals surface area contributed by atoms with Crippen LogP contribution in [0.25, 0.3) is 0 Å². The molecule has 1 saturated heterocycles. The molecule has 1 aromatic heterocycles. The number of nitrogens with zero attached hydrogens (tertiary/aromatic N) is 3. The summed E-state index contributed by atoms with van der Waals surface area (Å²) in [4.78, 5) is 75.6. The van der Waals surface area contributed by atoms with E-state index in [1.807, 2.05) is 60.7 Å². The lowest BCUT2D eigenvalue weighted by Gasteiger charge is -2.49. The molecule has 5 rings (SSSR count). The number of ether oxygens (including phenoxy) is 2. The Morgan fingerprint density at radius 2 is 1.72 bits per heavy atom. The summed E-state index contributed by atoms with van der Waals surface area (Å²) in [5.41, 5.74) is 0.947.